The van der Waals surface area contributed by atoms with Crippen molar-refractivity contribution in [3.8, 4) is 0 Å². The minimum Gasteiger partial charge on any atom is -0.464 e. The first kappa shape index (κ1) is 21.8. The van der Waals surface area contributed by atoms with Crippen molar-refractivity contribution in [2.45, 2.75) is 51.4 Å². The van der Waals surface area contributed by atoms with Crippen LogP contribution in [0.5, 0.6) is 0 Å². The van der Waals surface area contributed by atoms with Crippen molar-refractivity contribution in [1.29, 1.82) is 0 Å². The second kappa shape index (κ2) is 10.8. The van der Waals surface area contributed by atoms with Crippen LogP contribution in [0.25, 0.3) is 11.0 Å². The second-order valence-corrected chi connectivity index (χ2v) is 8.93. The highest BCUT2D eigenvalue weighted by Gasteiger charge is 2.23. The first-order valence-corrected chi connectivity index (χ1v) is 12.0. The van der Waals surface area contributed by atoms with E-state index in [1.165, 1.54) is 69.1 Å². The monoisotopic (exact) mass is 435 g/mol. The van der Waals surface area contributed by atoms with Gasteiger partial charge in [-0.1, -0.05) is 44.4 Å². The van der Waals surface area contributed by atoms with Gasteiger partial charge in [-0.25, -0.2) is 0 Å². The van der Waals surface area contributed by atoms with Crippen LogP contribution in [0, 0.1) is 0 Å². The number of piperidine rings is 1. The molecular weight excluding hydrogens is 402 g/mol. The van der Waals surface area contributed by atoms with E-state index in [1.807, 2.05) is 48.7 Å². The lowest BCUT2D eigenvalue weighted by molar-refractivity contribution is 0.208. The summed E-state index contributed by atoms with van der Waals surface area (Å²) in [6.45, 7) is 5.90. The average molecular weight is 436 g/mol. The van der Waals surface area contributed by atoms with E-state index in [4.69, 9.17) is 16.6 Å². The summed E-state index contributed by atoms with van der Waals surface area (Å²) in [5.74, 6) is 0.567. The van der Waals surface area contributed by atoms with E-state index in [9.17, 15) is 0 Å². The zero-order valence-electron chi connectivity index (χ0n) is 18.4. The fraction of sp³-hybridized carbons (Fsp3) is 0.423. The number of nitrogens with one attached hydrogen (secondary N) is 2. The molecule has 0 aliphatic carbocycles. The molecule has 0 spiro atoms. The third-order valence-electron chi connectivity index (χ3n) is 6.25. The summed E-state index contributed by atoms with van der Waals surface area (Å²) in [5.41, 5.74) is 4.25. The molecule has 3 aromatic rings. The highest BCUT2D eigenvalue weighted by molar-refractivity contribution is 7.80. The minimum atomic E-state index is 0.567. The molecular formula is C26H33N3OS. The quantitative estimate of drug-likeness (QED) is 0.294. The lowest BCUT2D eigenvalue weighted by Gasteiger charge is -2.31. The molecule has 1 saturated heterocycles. The van der Waals surface area contributed by atoms with Crippen LogP contribution < -0.4 is 10.6 Å². The Morgan fingerprint density at radius 2 is 1.77 bits per heavy atom. The average Bonchev–Trinajstić information content (AvgIpc) is 3.21. The third kappa shape index (κ3) is 5.86. The molecule has 5 heteroatoms. The van der Waals surface area contributed by atoms with Crippen LogP contribution in [0.2, 0.25) is 0 Å². The molecule has 1 aliphatic heterocycles. The number of fused-ring (bicyclic) bond motifs is 1. The molecule has 2 aromatic carbocycles. The fourth-order valence-electron chi connectivity index (χ4n) is 4.49. The molecule has 1 aromatic heterocycles. The number of hydrogen-bond acceptors (Lipinski definition) is 3. The van der Waals surface area contributed by atoms with Gasteiger partial charge in [0.1, 0.15) is 5.58 Å². The van der Waals surface area contributed by atoms with Gasteiger partial charge in [0.25, 0.3) is 0 Å². The Morgan fingerprint density at radius 3 is 2.55 bits per heavy atom. The number of thiocarbonyl (C=S) groups is 1. The summed E-state index contributed by atoms with van der Waals surface area (Å²) >= 11 is 5.49. The Morgan fingerprint density at radius 1 is 1.00 bits per heavy atom. The van der Waals surface area contributed by atoms with Crippen LogP contribution in [0.4, 0.5) is 11.4 Å². The molecule has 0 saturated carbocycles. The van der Waals surface area contributed by atoms with Gasteiger partial charge in [0, 0.05) is 22.3 Å². The van der Waals surface area contributed by atoms with Crippen molar-refractivity contribution in [2.24, 2.45) is 0 Å². The maximum absolute atomic E-state index is 5.89. The van der Waals surface area contributed by atoms with Crippen LogP contribution in [0.1, 0.15) is 56.9 Å². The van der Waals surface area contributed by atoms with E-state index in [-0.39, 0.29) is 0 Å². The second-order valence-electron chi connectivity index (χ2n) is 8.52. The zero-order chi connectivity index (χ0) is 21.5. The number of para-hydroxylation sites is 1. The summed E-state index contributed by atoms with van der Waals surface area (Å²) < 4.78 is 5.89. The predicted molar refractivity (Wildman–Crippen MR) is 135 cm³/mol. The summed E-state index contributed by atoms with van der Waals surface area (Å²) in [6.07, 6.45) is 9.73. The molecule has 0 atom stereocenters. The summed E-state index contributed by atoms with van der Waals surface area (Å²) in [4.78, 5) is 2.63. The van der Waals surface area contributed by atoms with Gasteiger partial charge in [-0.15, -0.1) is 0 Å². The Hall–Kier alpha value is -2.37. The third-order valence-corrected chi connectivity index (χ3v) is 6.45. The van der Waals surface area contributed by atoms with Gasteiger partial charge in [-0.2, -0.15) is 0 Å². The number of furan rings is 1. The molecule has 0 unspecified atom stereocenters. The van der Waals surface area contributed by atoms with Gasteiger partial charge in [0.2, 0.25) is 0 Å². The number of rotatable bonds is 8. The zero-order valence-corrected chi connectivity index (χ0v) is 19.2. The standard InChI is InChI=1S/C26H33N3OS/c1-2-3-4-8-15-29-16-13-20(14-17-29)24-19-30-25-12-11-22(18-23(24)25)28-26(31)27-21-9-6-5-7-10-21/h5-7,9-12,18-20H,2-4,8,13-17H2,1H3,(H2,27,28,31). The molecule has 2 heterocycles. The van der Waals surface area contributed by atoms with Crippen LogP contribution >= 0.6 is 12.2 Å². The molecule has 0 bridgehead atoms. The van der Waals surface area contributed by atoms with Gasteiger partial charge < -0.3 is 20.0 Å². The van der Waals surface area contributed by atoms with E-state index < -0.39 is 0 Å². The molecule has 1 aliphatic rings. The van der Waals surface area contributed by atoms with Gasteiger partial charge in [0.05, 0.1) is 6.26 Å². The molecule has 31 heavy (non-hydrogen) atoms. The largest absolute Gasteiger partial charge is 0.464 e. The smallest absolute Gasteiger partial charge is 0.175 e. The van der Waals surface area contributed by atoms with E-state index in [1.54, 1.807) is 0 Å². The van der Waals surface area contributed by atoms with Gasteiger partial charge in [0.15, 0.2) is 5.11 Å². The number of likely N-dealkylation sites (tertiary alicyclic amines) is 1. The van der Waals surface area contributed by atoms with Gasteiger partial charge in [-0.05, 0) is 87.4 Å². The van der Waals surface area contributed by atoms with E-state index in [0.717, 1.165) is 17.0 Å². The van der Waals surface area contributed by atoms with Crippen molar-refractivity contribution in [3.63, 3.8) is 0 Å². The maximum atomic E-state index is 5.89. The van der Waals surface area contributed by atoms with Crippen molar-refractivity contribution in [3.05, 3.63) is 60.4 Å². The highest BCUT2D eigenvalue weighted by Crippen LogP contribution is 2.35. The SMILES string of the molecule is CCCCCCN1CCC(c2coc3ccc(NC(=S)Nc4ccccc4)cc23)CC1. The molecule has 1 fully saturated rings. The topological polar surface area (TPSA) is 40.4 Å². The molecule has 0 amide bonds. The van der Waals surface area contributed by atoms with E-state index in [0.29, 0.717) is 11.0 Å². The Balaban J connectivity index is 1.37. The number of nitrogens with zero attached hydrogens (tertiary/aromatic N) is 1. The van der Waals surface area contributed by atoms with Gasteiger partial charge >= 0.3 is 0 Å². The van der Waals surface area contributed by atoms with Crippen molar-refractivity contribution in [1.82, 2.24) is 4.90 Å². The van der Waals surface area contributed by atoms with Crippen LogP contribution in [-0.2, 0) is 0 Å². The lowest BCUT2D eigenvalue weighted by Crippen LogP contribution is -2.33. The van der Waals surface area contributed by atoms with E-state index >= 15 is 0 Å². The van der Waals surface area contributed by atoms with Crippen LogP contribution in [0.3, 0.4) is 0 Å². The van der Waals surface area contributed by atoms with Crippen molar-refractivity contribution < 1.29 is 4.42 Å². The molecule has 2 N–H and O–H groups in total. The number of benzene rings is 2. The molecule has 0 radical (unpaired) electrons. The first-order chi connectivity index (χ1) is 15.2. The summed E-state index contributed by atoms with van der Waals surface area (Å²) in [7, 11) is 0. The highest BCUT2D eigenvalue weighted by atomic mass is 32.1. The number of hydrogen-bond donors (Lipinski definition) is 2. The minimum absolute atomic E-state index is 0.567. The van der Waals surface area contributed by atoms with Crippen LogP contribution in [-0.4, -0.2) is 29.6 Å². The number of unbranched alkanes of at least 4 members (excludes halogenated alkanes) is 3. The predicted octanol–water partition coefficient (Wildman–Crippen LogP) is 7.00. The fourth-order valence-corrected chi connectivity index (χ4v) is 4.72. The van der Waals surface area contributed by atoms with E-state index in [2.05, 4.69) is 28.5 Å². The number of anilines is 2. The van der Waals surface area contributed by atoms with Crippen molar-refractivity contribution >= 4 is 39.7 Å². The Labute approximate surface area is 191 Å². The van der Waals surface area contributed by atoms with Crippen molar-refractivity contribution in [2.75, 3.05) is 30.3 Å². The first-order valence-electron chi connectivity index (χ1n) is 11.6. The maximum Gasteiger partial charge on any atom is 0.175 e. The Kier molecular flexibility index (Phi) is 7.60. The Bertz CT molecular complexity index is 977. The van der Waals surface area contributed by atoms with Gasteiger partial charge in [-0.3, -0.25) is 0 Å². The van der Waals surface area contributed by atoms with Crippen LogP contribution in [0.15, 0.2) is 59.2 Å². The molecule has 164 valence electrons. The molecule has 4 nitrogen and oxygen atoms in total. The summed E-state index contributed by atoms with van der Waals surface area (Å²) in [6, 6.07) is 16.2. The normalized spacial score (nSPS) is 15.3. The lowest BCUT2D eigenvalue weighted by atomic mass is 9.89. The summed E-state index contributed by atoms with van der Waals surface area (Å²) in [5, 5.41) is 8.34. The molecule has 4 rings (SSSR count).